The summed E-state index contributed by atoms with van der Waals surface area (Å²) in [7, 11) is 0. The monoisotopic (exact) mass is 432 g/mol. The second-order valence-corrected chi connectivity index (χ2v) is 7.72. The van der Waals surface area contributed by atoms with E-state index in [1.165, 1.54) is 0 Å². The first-order chi connectivity index (χ1) is 15.0. The Labute approximate surface area is 176 Å². The summed E-state index contributed by atoms with van der Waals surface area (Å²) in [5, 5.41) is 6.14. The smallest absolute Gasteiger partial charge is 0.418 e. The van der Waals surface area contributed by atoms with Crippen LogP contribution in [0.15, 0.2) is 18.3 Å². The topological polar surface area (TPSA) is 84.1 Å². The molecule has 1 fully saturated rings. The lowest BCUT2D eigenvalue weighted by Gasteiger charge is -2.21. The van der Waals surface area contributed by atoms with Crippen LogP contribution >= 0.6 is 0 Å². The number of nitrogens with zero attached hydrogens (tertiary/aromatic N) is 2. The van der Waals surface area contributed by atoms with Crippen LogP contribution in [0.25, 0.3) is 11.0 Å². The van der Waals surface area contributed by atoms with Crippen molar-refractivity contribution in [3.63, 3.8) is 0 Å². The lowest BCUT2D eigenvalue weighted by atomic mass is 10.1. The van der Waals surface area contributed by atoms with Gasteiger partial charge in [-0.1, -0.05) is 12.8 Å². The number of H-pyrrole nitrogens is 1. The molecule has 0 unspecified atom stereocenters. The highest BCUT2D eigenvalue weighted by Gasteiger charge is 2.36. The molecule has 0 saturated heterocycles. The van der Waals surface area contributed by atoms with Gasteiger partial charge in [0.05, 0.1) is 16.6 Å². The Hall–Kier alpha value is -3.17. The van der Waals surface area contributed by atoms with Crippen LogP contribution in [0.4, 0.5) is 30.6 Å². The number of anilines is 3. The van der Waals surface area contributed by atoms with Crippen LogP contribution < -0.4 is 20.1 Å². The number of hydrogen-bond donors (Lipinski definition) is 3. The predicted molar refractivity (Wildman–Crippen MR) is 109 cm³/mol. The number of halogens is 3. The van der Waals surface area contributed by atoms with Gasteiger partial charge in [0.2, 0.25) is 5.95 Å². The van der Waals surface area contributed by atoms with E-state index in [1.54, 1.807) is 12.1 Å². The van der Waals surface area contributed by atoms with E-state index in [9.17, 15) is 13.2 Å². The number of ether oxygens (including phenoxy) is 2. The van der Waals surface area contributed by atoms with Gasteiger partial charge in [-0.25, -0.2) is 0 Å². The summed E-state index contributed by atoms with van der Waals surface area (Å²) in [6.07, 6.45) is 0.841. The molecule has 7 nitrogen and oxygen atoms in total. The van der Waals surface area contributed by atoms with Gasteiger partial charge in [0.25, 0.3) is 0 Å². The van der Waals surface area contributed by atoms with Crippen LogP contribution in [0.2, 0.25) is 0 Å². The average molecular weight is 432 g/mol. The highest BCUT2D eigenvalue weighted by atomic mass is 19.4. The van der Waals surface area contributed by atoms with E-state index in [2.05, 4.69) is 31.7 Å². The summed E-state index contributed by atoms with van der Waals surface area (Å²) < 4.78 is 51.9. The molecule has 3 N–H and O–H groups in total. The second-order valence-electron chi connectivity index (χ2n) is 7.72. The molecule has 1 radical (unpaired) electrons. The molecule has 2 aromatic heterocycles. The average Bonchev–Trinajstić information content (AvgIpc) is 3.42. The first-order valence-electron chi connectivity index (χ1n) is 10.3. The molecule has 1 aromatic carbocycles. The number of hydrogen-bond acceptors (Lipinski definition) is 6. The van der Waals surface area contributed by atoms with E-state index in [-0.39, 0.29) is 22.8 Å². The maximum Gasteiger partial charge on any atom is 0.418 e. The first kappa shape index (κ1) is 19.8. The standard InChI is InChI=1S/C21H21F3N5O2/c22-21(23,24)13-11-26-19-16(13)18(25-10-12-4-1-2-5-12)28-20(29-19)27-14-6-3-7-15-17(14)31-9-8-30-15/h3,6,11-12H,1-2,4-5,8-10H2,(H3,25,26,27,28,29). The first-order valence-corrected chi connectivity index (χ1v) is 10.3. The number of fused-ring (bicyclic) bond motifs is 2. The van der Waals surface area contributed by atoms with Crippen LogP contribution in [0.1, 0.15) is 31.2 Å². The van der Waals surface area contributed by atoms with E-state index in [1.807, 2.05) is 0 Å². The third kappa shape index (κ3) is 3.94. The van der Waals surface area contributed by atoms with Crippen LogP contribution in [-0.2, 0) is 6.18 Å². The molecule has 3 heterocycles. The normalized spacial score (nSPS) is 16.6. The zero-order valence-corrected chi connectivity index (χ0v) is 16.6. The fourth-order valence-corrected chi connectivity index (χ4v) is 4.12. The summed E-state index contributed by atoms with van der Waals surface area (Å²) in [5.41, 5.74) is -0.129. The van der Waals surface area contributed by atoms with E-state index < -0.39 is 11.7 Å². The molecule has 0 bridgehead atoms. The zero-order chi connectivity index (χ0) is 21.4. The van der Waals surface area contributed by atoms with E-state index in [0.29, 0.717) is 42.9 Å². The molecule has 0 atom stereocenters. The molecule has 3 aromatic rings. The van der Waals surface area contributed by atoms with E-state index >= 15 is 0 Å². The Kier molecular flexibility index (Phi) is 4.99. The predicted octanol–water partition coefficient (Wildman–Crippen LogP) is 4.89. The van der Waals surface area contributed by atoms with Gasteiger partial charge in [0.15, 0.2) is 11.5 Å². The van der Waals surface area contributed by atoms with Crippen LogP contribution in [-0.4, -0.2) is 34.7 Å². The summed E-state index contributed by atoms with van der Waals surface area (Å²) in [6.45, 7) is 1.38. The number of benzene rings is 1. The minimum Gasteiger partial charge on any atom is -0.485 e. The van der Waals surface area contributed by atoms with Gasteiger partial charge in [0.1, 0.15) is 24.7 Å². The summed E-state index contributed by atoms with van der Waals surface area (Å²) in [6, 6.07) is 6.35. The van der Waals surface area contributed by atoms with Gasteiger partial charge >= 0.3 is 6.18 Å². The Morgan fingerprint density at radius 2 is 1.97 bits per heavy atom. The van der Waals surface area contributed by atoms with Crippen molar-refractivity contribution in [3.05, 3.63) is 30.0 Å². The van der Waals surface area contributed by atoms with Gasteiger partial charge in [-0.3, -0.25) is 0 Å². The van der Waals surface area contributed by atoms with Gasteiger partial charge in [-0.15, -0.1) is 0 Å². The Bertz CT molecular complexity index is 1090. The number of aromatic amines is 1. The van der Waals surface area contributed by atoms with Crippen LogP contribution in [0.5, 0.6) is 11.5 Å². The van der Waals surface area contributed by atoms with E-state index in [4.69, 9.17) is 9.47 Å². The molecule has 31 heavy (non-hydrogen) atoms. The number of rotatable bonds is 5. The fraction of sp³-hybridized carbons (Fsp3) is 0.429. The van der Waals surface area contributed by atoms with Crippen molar-refractivity contribution in [2.45, 2.75) is 31.9 Å². The molecular weight excluding hydrogens is 411 g/mol. The molecular formula is C21H21F3N5O2. The maximum absolute atomic E-state index is 13.6. The Morgan fingerprint density at radius 1 is 1.16 bits per heavy atom. The van der Waals surface area contributed by atoms with Crippen LogP contribution in [0.3, 0.4) is 0 Å². The molecule has 10 heteroatoms. The third-order valence-corrected chi connectivity index (χ3v) is 5.61. The van der Waals surface area contributed by atoms with E-state index in [0.717, 1.165) is 31.9 Å². The van der Waals surface area contributed by atoms with Gasteiger partial charge in [-0.2, -0.15) is 23.1 Å². The number of nitrogens with one attached hydrogen (secondary N) is 3. The highest BCUT2D eigenvalue weighted by Crippen LogP contribution is 2.40. The minimum atomic E-state index is -4.51. The van der Waals surface area contributed by atoms with Crippen molar-refractivity contribution in [3.8, 4) is 11.5 Å². The minimum absolute atomic E-state index is 0.0564. The van der Waals surface area contributed by atoms with Crippen molar-refractivity contribution in [2.24, 2.45) is 5.92 Å². The zero-order valence-electron chi connectivity index (χ0n) is 16.6. The van der Waals surface area contributed by atoms with Crippen molar-refractivity contribution < 1.29 is 22.6 Å². The molecule has 1 aliphatic carbocycles. The lowest BCUT2D eigenvalue weighted by Crippen LogP contribution is -2.17. The SMILES string of the molecule is FC(F)(F)c1c[nH]c2nc(Nc3cc[c]c4c3OCCO4)nc(NCC3CCCC3)c12. The third-order valence-electron chi connectivity index (χ3n) is 5.61. The molecule has 1 aliphatic heterocycles. The van der Waals surface area contributed by atoms with Crippen molar-refractivity contribution in [1.82, 2.24) is 15.0 Å². The maximum atomic E-state index is 13.6. The Morgan fingerprint density at radius 3 is 2.77 bits per heavy atom. The van der Waals surface area contributed by atoms with Gasteiger partial charge < -0.3 is 25.1 Å². The molecule has 1 saturated carbocycles. The summed E-state index contributed by atoms with van der Waals surface area (Å²) >= 11 is 0. The second kappa shape index (κ2) is 7.82. The quantitative estimate of drug-likeness (QED) is 0.532. The summed E-state index contributed by atoms with van der Waals surface area (Å²) in [4.78, 5) is 11.3. The largest absolute Gasteiger partial charge is 0.485 e. The Balaban J connectivity index is 1.52. The number of alkyl halides is 3. The molecule has 163 valence electrons. The van der Waals surface area contributed by atoms with Crippen LogP contribution in [0, 0.1) is 12.0 Å². The van der Waals surface area contributed by atoms with Gasteiger partial charge in [-0.05, 0) is 30.9 Å². The van der Waals surface area contributed by atoms with Crippen molar-refractivity contribution in [2.75, 3.05) is 30.4 Å². The molecule has 2 aliphatic rings. The number of aromatic nitrogens is 3. The molecule has 0 spiro atoms. The fourth-order valence-electron chi connectivity index (χ4n) is 4.12. The summed E-state index contributed by atoms with van der Waals surface area (Å²) in [5.74, 6) is 1.68. The van der Waals surface area contributed by atoms with Gasteiger partial charge in [0, 0.05) is 18.8 Å². The lowest BCUT2D eigenvalue weighted by molar-refractivity contribution is -0.136. The molecule has 5 rings (SSSR count). The molecule has 0 amide bonds. The van der Waals surface area contributed by atoms with Crippen molar-refractivity contribution >= 4 is 28.5 Å². The van der Waals surface area contributed by atoms with Crippen molar-refractivity contribution in [1.29, 1.82) is 0 Å². The highest BCUT2D eigenvalue weighted by molar-refractivity contribution is 5.92.